The monoisotopic (exact) mass is 445 g/mol. The van der Waals surface area contributed by atoms with E-state index in [1.807, 2.05) is 30.3 Å². The average Bonchev–Trinajstić information content (AvgIpc) is 2.74. The van der Waals surface area contributed by atoms with Gasteiger partial charge in [-0.1, -0.05) is 18.2 Å². The topological polar surface area (TPSA) is 105 Å². The van der Waals surface area contributed by atoms with Gasteiger partial charge in [-0.2, -0.15) is 0 Å². The van der Waals surface area contributed by atoms with Gasteiger partial charge in [-0.15, -0.1) is 0 Å². The van der Waals surface area contributed by atoms with Gasteiger partial charge < -0.3 is 15.0 Å². The number of sulfonamides is 1. The molecule has 2 aromatic rings. The number of likely N-dealkylation sites (tertiary alicyclic amines) is 1. The molecule has 1 heterocycles. The third kappa shape index (κ3) is 7.29. The molecule has 2 N–H and O–H groups in total. The van der Waals surface area contributed by atoms with Crippen molar-refractivity contribution in [3.05, 3.63) is 60.2 Å². The van der Waals surface area contributed by atoms with Crippen LogP contribution >= 0.6 is 0 Å². The van der Waals surface area contributed by atoms with Gasteiger partial charge in [-0.25, -0.2) is 8.42 Å². The van der Waals surface area contributed by atoms with Gasteiger partial charge >= 0.3 is 0 Å². The molecule has 2 amide bonds. The van der Waals surface area contributed by atoms with Crippen LogP contribution in [0.2, 0.25) is 0 Å². The van der Waals surface area contributed by atoms with Crippen molar-refractivity contribution in [2.45, 2.75) is 25.3 Å². The summed E-state index contributed by atoms with van der Waals surface area (Å²) < 4.78 is 30.5. The van der Waals surface area contributed by atoms with E-state index in [1.165, 1.54) is 0 Å². The van der Waals surface area contributed by atoms with Crippen LogP contribution in [0.4, 0.5) is 5.69 Å². The van der Waals surface area contributed by atoms with Crippen LogP contribution in [-0.2, 0) is 14.8 Å². The molecule has 1 aliphatic rings. The van der Waals surface area contributed by atoms with Crippen LogP contribution < -0.4 is 14.8 Å². The van der Waals surface area contributed by atoms with Gasteiger partial charge in [-0.05, 0) is 49.2 Å². The summed E-state index contributed by atoms with van der Waals surface area (Å²) in [5.74, 6) is 0.573. The molecule has 0 spiro atoms. The SMILES string of the molecule is CS(=O)(=O)Nc1ccc(C(=O)N2CCC(NC(=O)CCOc3ccccc3)CC2)cc1. The summed E-state index contributed by atoms with van der Waals surface area (Å²) in [6.07, 6.45) is 2.72. The highest BCUT2D eigenvalue weighted by molar-refractivity contribution is 7.92. The largest absolute Gasteiger partial charge is 0.493 e. The third-order valence-corrected chi connectivity index (χ3v) is 5.53. The maximum Gasteiger partial charge on any atom is 0.253 e. The Morgan fingerprint density at radius 2 is 1.68 bits per heavy atom. The number of hydrogen-bond acceptors (Lipinski definition) is 5. The van der Waals surface area contributed by atoms with Gasteiger partial charge in [0.25, 0.3) is 5.91 Å². The lowest BCUT2D eigenvalue weighted by Gasteiger charge is -2.32. The highest BCUT2D eigenvalue weighted by Crippen LogP contribution is 2.17. The number of hydrogen-bond donors (Lipinski definition) is 2. The molecule has 0 bridgehead atoms. The van der Waals surface area contributed by atoms with E-state index in [2.05, 4.69) is 10.0 Å². The van der Waals surface area contributed by atoms with E-state index in [0.717, 1.165) is 12.0 Å². The van der Waals surface area contributed by atoms with Crippen LogP contribution in [0.25, 0.3) is 0 Å². The highest BCUT2D eigenvalue weighted by atomic mass is 32.2. The van der Waals surface area contributed by atoms with Crippen molar-refractivity contribution >= 4 is 27.5 Å². The number of rotatable bonds is 8. The Hall–Kier alpha value is -3.07. The van der Waals surface area contributed by atoms with Crippen LogP contribution in [0.15, 0.2) is 54.6 Å². The number of nitrogens with zero attached hydrogens (tertiary/aromatic N) is 1. The molecule has 1 saturated heterocycles. The summed E-state index contributed by atoms with van der Waals surface area (Å²) in [4.78, 5) is 26.6. The smallest absolute Gasteiger partial charge is 0.253 e. The van der Waals surface area contributed by atoms with E-state index in [1.54, 1.807) is 29.2 Å². The minimum atomic E-state index is -3.35. The number of amides is 2. The van der Waals surface area contributed by atoms with E-state index < -0.39 is 10.0 Å². The summed E-state index contributed by atoms with van der Waals surface area (Å²) in [6, 6.07) is 15.7. The van der Waals surface area contributed by atoms with E-state index in [-0.39, 0.29) is 24.3 Å². The predicted molar refractivity (Wildman–Crippen MR) is 119 cm³/mol. The molecule has 166 valence electrons. The van der Waals surface area contributed by atoms with Crippen molar-refractivity contribution in [1.29, 1.82) is 0 Å². The number of nitrogens with one attached hydrogen (secondary N) is 2. The van der Waals surface area contributed by atoms with Gasteiger partial charge in [0.1, 0.15) is 5.75 Å². The second-order valence-electron chi connectivity index (χ2n) is 7.50. The average molecular weight is 446 g/mol. The van der Waals surface area contributed by atoms with Crippen molar-refractivity contribution in [2.24, 2.45) is 0 Å². The Balaban J connectivity index is 1.40. The second kappa shape index (κ2) is 10.3. The summed E-state index contributed by atoms with van der Waals surface area (Å²) in [6.45, 7) is 1.42. The Morgan fingerprint density at radius 1 is 1.03 bits per heavy atom. The second-order valence-corrected chi connectivity index (χ2v) is 9.25. The van der Waals surface area contributed by atoms with Crippen LogP contribution in [0.5, 0.6) is 5.75 Å². The Morgan fingerprint density at radius 3 is 2.29 bits per heavy atom. The minimum Gasteiger partial charge on any atom is -0.493 e. The first-order chi connectivity index (χ1) is 14.8. The molecule has 0 aliphatic carbocycles. The van der Waals surface area contributed by atoms with Crippen LogP contribution in [-0.4, -0.2) is 57.1 Å². The number of ether oxygens (including phenoxy) is 1. The first kappa shape index (κ1) is 22.6. The van der Waals surface area contributed by atoms with Crippen molar-refractivity contribution in [1.82, 2.24) is 10.2 Å². The minimum absolute atomic E-state index is 0.0367. The maximum absolute atomic E-state index is 12.7. The molecule has 1 aliphatic heterocycles. The standard InChI is InChI=1S/C22H27N3O5S/c1-31(28,29)24-19-9-7-17(8-10-19)22(27)25-14-11-18(12-15-25)23-21(26)13-16-30-20-5-3-2-4-6-20/h2-10,18,24H,11-16H2,1H3,(H,23,26). The molecule has 0 aromatic heterocycles. The summed E-state index contributed by atoms with van der Waals surface area (Å²) in [5.41, 5.74) is 0.913. The summed E-state index contributed by atoms with van der Waals surface area (Å²) in [7, 11) is -3.35. The number of piperidine rings is 1. The molecule has 1 fully saturated rings. The lowest BCUT2D eigenvalue weighted by molar-refractivity contribution is -0.122. The van der Waals surface area contributed by atoms with Gasteiger partial charge in [0.15, 0.2) is 0 Å². The molecule has 2 aromatic carbocycles. The Labute approximate surface area is 182 Å². The van der Waals surface area contributed by atoms with Crippen molar-refractivity contribution in [3.8, 4) is 5.75 Å². The fourth-order valence-electron chi connectivity index (χ4n) is 3.38. The van der Waals surface area contributed by atoms with Crippen LogP contribution in [0, 0.1) is 0 Å². The first-order valence-electron chi connectivity index (χ1n) is 10.1. The Bertz CT molecular complexity index is 986. The number of carbonyl (C=O) groups is 2. The molecule has 0 radical (unpaired) electrons. The molecule has 0 atom stereocenters. The quantitative estimate of drug-likeness (QED) is 0.649. The molecule has 8 nitrogen and oxygen atoms in total. The van der Waals surface area contributed by atoms with Crippen molar-refractivity contribution in [3.63, 3.8) is 0 Å². The number of carbonyl (C=O) groups excluding carboxylic acids is 2. The van der Waals surface area contributed by atoms with Gasteiger partial charge in [0.2, 0.25) is 15.9 Å². The first-order valence-corrected chi connectivity index (χ1v) is 12.0. The zero-order chi connectivity index (χ0) is 22.3. The molecular weight excluding hydrogens is 418 g/mol. The Kier molecular flexibility index (Phi) is 7.51. The zero-order valence-corrected chi connectivity index (χ0v) is 18.2. The van der Waals surface area contributed by atoms with Gasteiger partial charge in [-0.3, -0.25) is 14.3 Å². The van der Waals surface area contributed by atoms with Crippen LogP contribution in [0.3, 0.4) is 0 Å². The fourth-order valence-corrected chi connectivity index (χ4v) is 3.95. The summed E-state index contributed by atoms with van der Waals surface area (Å²) >= 11 is 0. The van der Waals surface area contributed by atoms with Crippen LogP contribution in [0.1, 0.15) is 29.6 Å². The molecule has 0 unspecified atom stereocenters. The normalized spacial score (nSPS) is 14.7. The van der Waals surface area contributed by atoms with E-state index >= 15 is 0 Å². The summed E-state index contributed by atoms with van der Waals surface area (Å²) in [5, 5.41) is 3.01. The lowest BCUT2D eigenvalue weighted by Crippen LogP contribution is -2.46. The number of benzene rings is 2. The number of para-hydroxylation sites is 1. The van der Waals surface area contributed by atoms with E-state index in [9.17, 15) is 18.0 Å². The van der Waals surface area contributed by atoms with Crippen molar-refractivity contribution < 1.29 is 22.7 Å². The number of anilines is 1. The maximum atomic E-state index is 12.7. The van der Waals surface area contributed by atoms with Crippen molar-refractivity contribution in [2.75, 3.05) is 30.7 Å². The van der Waals surface area contributed by atoms with Gasteiger partial charge in [0.05, 0.1) is 19.3 Å². The zero-order valence-electron chi connectivity index (χ0n) is 17.4. The molecule has 31 heavy (non-hydrogen) atoms. The van der Waals surface area contributed by atoms with Gasteiger partial charge in [0, 0.05) is 30.4 Å². The molecule has 9 heteroatoms. The van der Waals surface area contributed by atoms with E-state index in [4.69, 9.17) is 4.74 Å². The molecule has 0 saturated carbocycles. The molecule has 3 rings (SSSR count). The predicted octanol–water partition coefficient (Wildman–Crippen LogP) is 2.25. The van der Waals surface area contributed by atoms with E-state index in [0.29, 0.717) is 43.8 Å². The molecular formula is C22H27N3O5S. The lowest BCUT2D eigenvalue weighted by atomic mass is 10.0. The fraction of sp³-hybridized carbons (Fsp3) is 0.364. The third-order valence-electron chi connectivity index (χ3n) is 4.92. The highest BCUT2D eigenvalue weighted by Gasteiger charge is 2.24.